The molecule has 0 saturated carbocycles. The van der Waals surface area contributed by atoms with Crippen LogP contribution in [0.25, 0.3) is 33.5 Å². The number of rotatable bonds is 5. The Balaban J connectivity index is 1.47. The molecule has 1 fully saturated rings. The summed E-state index contributed by atoms with van der Waals surface area (Å²) < 4.78 is 0.606. The second kappa shape index (κ2) is 10.3. The van der Waals surface area contributed by atoms with E-state index in [1.54, 1.807) is 4.90 Å². The smallest absolute Gasteiger partial charge is 0.266 e. The molecule has 2 aliphatic rings. The Kier molecular flexibility index (Phi) is 6.66. The average Bonchev–Trinajstić information content (AvgIpc) is 3.40. The molecule has 0 spiro atoms. The van der Waals surface area contributed by atoms with Gasteiger partial charge in [-0.25, -0.2) is 9.97 Å². The lowest BCUT2D eigenvalue weighted by atomic mass is 10.0. The van der Waals surface area contributed by atoms with E-state index in [1.165, 1.54) is 11.8 Å². The Hall–Kier alpha value is -4.01. The molecule has 194 valence electrons. The predicted molar refractivity (Wildman–Crippen MR) is 166 cm³/mol. The number of nitrogens with zero attached hydrogens (tertiary/aromatic N) is 5. The molecule has 39 heavy (non-hydrogen) atoms. The fourth-order valence-corrected chi connectivity index (χ4v) is 6.38. The van der Waals surface area contributed by atoms with Gasteiger partial charge in [-0.15, -0.1) is 0 Å². The maximum atomic E-state index is 12.7. The van der Waals surface area contributed by atoms with Crippen molar-refractivity contribution in [3.8, 4) is 22.5 Å². The Morgan fingerprint density at radius 2 is 1.33 bits per heavy atom. The van der Waals surface area contributed by atoms with Gasteiger partial charge < -0.3 is 9.80 Å². The van der Waals surface area contributed by atoms with Crippen LogP contribution in [-0.2, 0) is 4.79 Å². The number of likely N-dealkylation sites (N-methyl/N-ethyl adjacent to an activating group) is 1. The molecule has 0 bridgehead atoms. The van der Waals surface area contributed by atoms with Crippen LogP contribution >= 0.6 is 24.0 Å². The zero-order chi connectivity index (χ0) is 27.1. The maximum absolute atomic E-state index is 12.7. The van der Waals surface area contributed by atoms with Crippen LogP contribution in [0.4, 0.5) is 11.4 Å². The molecule has 1 aromatic heterocycles. The van der Waals surface area contributed by atoms with Gasteiger partial charge in [-0.1, -0.05) is 84.6 Å². The lowest BCUT2D eigenvalue weighted by Gasteiger charge is -2.20. The van der Waals surface area contributed by atoms with Crippen LogP contribution in [0.1, 0.15) is 13.8 Å². The fourth-order valence-electron chi connectivity index (χ4n) is 5.06. The van der Waals surface area contributed by atoms with Gasteiger partial charge in [-0.3, -0.25) is 9.69 Å². The molecule has 4 aromatic rings. The number of hydrogen-bond donors (Lipinski definition) is 0. The Morgan fingerprint density at radius 1 is 0.795 bits per heavy atom. The molecule has 0 aliphatic carbocycles. The second-order valence-electron chi connectivity index (χ2n) is 9.26. The first-order chi connectivity index (χ1) is 19.0. The number of thiocarbonyl (C=S) groups is 1. The highest BCUT2D eigenvalue weighted by Gasteiger charge is 2.32. The molecule has 3 aromatic carbocycles. The van der Waals surface area contributed by atoms with E-state index in [2.05, 4.69) is 53.1 Å². The summed E-state index contributed by atoms with van der Waals surface area (Å²) >= 11 is 6.73. The summed E-state index contributed by atoms with van der Waals surface area (Å²) in [5, 5.41) is 0. The van der Waals surface area contributed by atoms with E-state index in [-0.39, 0.29) is 5.91 Å². The summed E-state index contributed by atoms with van der Waals surface area (Å²) in [6, 6.07) is 24.6. The Morgan fingerprint density at radius 3 is 1.85 bits per heavy atom. The first-order valence-corrected chi connectivity index (χ1v) is 14.2. The molecular weight excluding hydrogens is 523 g/mol. The highest BCUT2D eigenvalue weighted by Crippen LogP contribution is 2.44. The van der Waals surface area contributed by atoms with Crippen LogP contribution in [0, 0.1) is 0 Å². The minimum Gasteiger partial charge on any atom is -0.329 e. The van der Waals surface area contributed by atoms with Gasteiger partial charge in [0.1, 0.15) is 10.1 Å². The number of amides is 1. The van der Waals surface area contributed by atoms with Gasteiger partial charge in [-0.05, 0) is 38.1 Å². The van der Waals surface area contributed by atoms with E-state index in [9.17, 15) is 4.79 Å². The summed E-state index contributed by atoms with van der Waals surface area (Å²) in [7, 11) is 2.04. The number of aromatic nitrogens is 2. The van der Waals surface area contributed by atoms with Gasteiger partial charge in [0.05, 0.1) is 38.7 Å². The normalized spacial score (nSPS) is 17.3. The molecule has 0 N–H and O–H groups in total. The van der Waals surface area contributed by atoms with Crippen molar-refractivity contribution in [2.75, 3.05) is 29.9 Å². The van der Waals surface area contributed by atoms with E-state index >= 15 is 0 Å². The minimum absolute atomic E-state index is 0.0356. The van der Waals surface area contributed by atoms with Gasteiger partial charge in [0.2, 0.25) is 0 Å². The van der Waals surface area contributed by atoms with Gasteiger partial charge in [0.15, 0.2) is 0 Å². The van der Waals surface area contributed by atoms with E-state index in [0.29, 0.717) is 15.8 Å². The third-order valence-electron chi connectivity index (χ3n) is 7.02. The van der Waals surface area contributed by atoms with Crippen molar-refractivity contribution in [3.05, 3.63) is 95.7 Å². The molecule has 0 atom stereocenters. The van der Waals surface area contributed by atoms with Crippen LogP contribution in [0.15, 0.2) is 95.7 Å². The molecule has 3 heterocycles. The van der Waals surface area contributed by atoms with Crippen LogP contribution < -0.4 is 9.80 Å². The molecule has 0 unspecified atom stereocenters. The maximum Gasteiger partial charge on any atom is 0.266 e. The van der Waals surface area contributed by atoms with Gasteiger partial charge in [-0.2, -0.15) is 0 Å². The first-order valence-electron chi connectivity index (χ1n) is 12.9. The standard InChI is InChI=1S/C31H27N5OS2/c1-4-35-25-19-23-22(18-24(25)34(3)27(35)17-16-26-30(37)36(5-2)31(38)39-26)32-28(20-12-8-6-9-13-20)29(33-23)21-14-10-7-11-15-21/h6-19H,4-5H2,1-3H3. The highest BCUT2D eigenvalue weighted by atomic mass is 32.2. The van der Waals surface area contributed by atoms with Crippen molar-refractivity contribution in [2.45, 2.75) is 13.8 Å². The number of carbonyl (C=O) groups is 1. The number of carbonyl (C=O) groups excluding carboxylic acids is 1. The van der Waals surface area contributed by atoms with Gasteiger partial charge in [0.25, 0.3) is 5.91 Å². The van der Waals surface area contributed by atoms with Crippen molar-refractivity contribution >= 4 is 56.6 Å². The highest BCUT2D eigenvalue weighted by molar-refractivity contribution is 8.26. The van der Waals surface area contributed by atoms with E-state index in [1.807, 2.05) is 62.5 Å². The number of allylic oxidation sites excluding steroid dienone is 2. The Bertz CT molecular complexity index is 1670. The van der Waals surface area contributed by atoms with Crippen molar-refractivity contribution < 1.29 is 4.79 Å². The third-order valence-corrected chi connectivity index (χ3v) is 8.41. The average molecular weight is 550 g/mol. The van der Waals surface area contributed by atoms with Crippen LogP contribution in [-0.4, -0.2) is 45.2 Å². The predicted octanol–water partition coefficient (Wildman–Crippen LogP) is 6.85. The molecule has 1 saturated heterocycles. The van der Waals surface area contributed by atoms with Crippen molar-refractivity contribution in [3.63, 3.8) is 0 Å². The quantitative estimate of drug-likeness (QED) is 0.199. The molecule has 8 heteroatoms. The fraction of sp³-hybridized carbons (Fsp3) is 0.161. The first kappa shape index (κ1) is 25.3. The van der Waals surface area contributed by atoms with E-state index in [0.717, 1.165) is 57.3 Å². The second-order valence-corrected chi connectivity index (χ2v) is 10.9. The number of fused-ring (bicyclic) bond motifs is 2. The molecule has 1 amide bonds. The number of benzene rings is 3. The Labute approximate surface area is 237 Å². The summed E-state index contributed by atoms with van der Waals surface area (Å²) in [6.07, 6.45) is 3.88. The number of hydrogen-bond acceptors (Lipinski definition) is 7. The molecular formula is C31H27N5OS2. The lowest BCUT2D eigenvalue weighted by Crippen LogP contribution is -2.27. The summed E-state index contributed by atoms with van der Waals surface area (Å²) in [4.78, 5) is 29.7. The van der Waals surface area contributed by atoms with Gasteiger partial charge in [0, 0.05) is 31.3 Å². The van der Waals surface area contributed by atoms with E-state index < -0.39 is 0 Å². The summed E-state index contributed by atoms with van der Waals surface area (Å²) in [5.74, 6) is 0.947. The summed E-state index contributed by atoms with van der Waals surface area (Å²) in [5.41, 5.74) is 7.55. The van der Waals surface area contributed by atoms with Gasteiger partial charge >= 0.3 is 0 Å². The summed E-state index contributed by atoms with van der Waals surface area (Å²) in [6.45, 7) is 5.40. The zero-order valence-electron chi connectivity index (χ0n) is 22.0. The molecule has 6 nitrogen and oxygen atoms in total. The van der Waals surface area contributed by atoms with Crippen molar-refractivity contribution in [1.82, 2.24) is 14.9 Å². The topological polar surface area (TPSA) is 52.6 Å². The van der Waals surface area contributed by atoms with Crippen molar-refractivity contribution in [1.29, 1.82) is 0 Å². The van der Waals surface area contributed by atoms with Crippen LogP contribution in [0.2, 0.25) is 0 Å². The molecule has 6 rings (SSSR count). The largest absolute Gasteiger partial charge is 0.329 e. The number of thioether (sulfide) groups is 1. The van der Waals surface area contributed by atoms with Crippen molar-refractivity contribution in [2.24, 2.45) is 0 Å². The van der Waals surface area contributed by atoms with Crippen LogP contribution in [0.3, 0.4) is 0 Å². The minimum atomic E-state index is -0.0356. The number of anilines is 2. The molecule has 0 radical (unpaired) electrons. The monoisotopic (exact) mass is 549 g/mol. The lowest BCUT2D eigenvalue weighted by molar-refractivity contribution is -0.122. The van der Waals surface area contributed by atoms with E-state index in [4.69, 9.17) is 22.2 Å². The SMILES string of the molecule is CCN1C(=O)C(=CC=C2N(C)c3cc4nc(-c5ccccc5)c(-c5ccccc5)nc4cc3N2CC)SC1=S. The van der Waals surface area contributed by atoms with Crippen LogP contribution in [0.5, 0.6) is 0 Å². The molecule has 2 aliphatic heterocycles. The third kappa shape index (κ3) is 4.39. The zero-order valence-corrected chi connectivity index (χ0v) is 23.6.